The number of amides is 1. The highest BCUT2D eigenvalue weighted by Crippen LogP contribution is 2.44. The van der Waals surface area contributed by atoms with Crippen molar-refractivity contribution in [3.05, 3.63) is 11.6 Å². The fourth-order valence-electron chi connectivity index (χ4n) is 4.88. The van der Waals surface area contributed by atoms with Gasteiger partial charge < -0.3 is 20.3 Å². The molecule has 0 spiro atoms. The van der Waals surface area contributed by atoms with E-state index in [0.717, 1.165) is 48.8 Å². The Morgan fingerprint density at radius 3 is 2.77 bits per heavy atom. The highest BCUT2D eigenvalue weighted by atomic mass is 127. The molecule has 10 heteroatoms. The molecule has 2 saturated carbocycles. The lowest BCUT2D eigenvalue weighted by Crippen LogP contribution is -2.51. The molecule has 1 amide bonds. The molecule has 168 valence electrons. The van der Waals surface area contributed by atoms with Crippen LogP contribution in [0.4, 0.5) is 0 Å². The lowest BCUT2D eigenvalue weighted by molar-refractivity contribution is -0.127. The number of carbonyl (C=O) groups is 1. The van der Waals surface area contributed by atoms with Gasteiger partial charge in [0, 0.05) is 39.7 Å². The summed E-state index contributed by atoms with van der Waals surface area (Å²) in [6.45, 7) is 1.33. The zero-order chi connectivity index (χ0) is 20.4. The molecule has 4 rings (SSSR count). The van der Waals surface area contributed by atoms with Gasteiger partial charge in [0.2, 0.25) is 5.91 Å². The van der Waals surface area contributed by atoms with E-state index in [4.69, 9.17) is 4.74 Å². The first-order valence-corrected chi connectivity index (χ1v) is 10.7. The number of aryl methyl sites for hydroxylation is 1. The van der Waals surface area contributed by atoms with Crippen LogP contribution in [0, 0.1) is 11.8 Å². The first kappa shape index (κ1) is 23.2. The molecule has 0 aromatic carbocycles. The third-order valence-corrected chi connectivity index (χ3v) is 6.45. The minimum atomic E-state index is 0. The molecule has 1 aliphatic heterocycles. The molecule has 4 atom stereocenters. The second-order valence-electron chi connectivity index (χ2n) is 8.82. The van der Waals surface area contributed by atoms with E-state index >= 15 is 0 Å². The molecule has 2 bridgehead atoms. The van der Waals surface area contributed by atoms with Gasteiger partial charge in [-0.25, -0.2) is 14.7 Å². The first-order chi connectivity index (χ1) is 14.0. The Morgan fingerprint density at radius 2 is 2.10 bits per heavy atom. The summed E-state index contributed by atoms with van der Waals surface area (Å²) in [6, 6.07) is 0.673. The maximum absolute atomic E-state index is 12.1. The van der Waals surface area contributed by atoms with E-state index in [1.54, 1.807) is 26.1 Å². The monoisotopic (exact) mass is 531 g/mol. The SMILES string of the molecule is COCc1nc2n(n1)CC(NC(=NCC(=O)N(C)C)NC1CC3CCC1C3)CC2.I. The Balaban J connectivity index is 0.00000256. The van der Waals surface area contributed by atoms with Gasteiger partial charge in [0.1, 0.15) is 19.0 Å². The van der Waals surface area contributed by atoms with Crippen molar-refractivity contribution in [2.24, 2.45) is 16.8 Å². The number of aliphatic imine (C=N–C) groups is 1. The van der Waals surface area contributed by atoms with E-state index in [1.165, 1.54) is 25.7 Å². The smallest absolute Gasteiger partial charge is 0.243 e. The minimum Gasteiger partial charge on any atom is -0.377 e. The van der Waals surface area contributed by atoms with E-state index in [9.17, 15) is 4.79 Å². The van der Waals surface area contributed by atoms with Crippen molar-refractivity contribution < 1.29 is 9.53 Å². The van der Waals surface area contributed by atoms with Crippen LogP contribution in [-0.2, 0) is 29.1 Å². The van der Waals surface area contributed by atoms with Crippen LogP contribution in [0.15, 0.2) is 4.99 Å². The highest BCUT2D eigenvalue weighted by Gasteiger charge is 2.40. The summed E-state index contributed by atoms with van der Waals surface area (Å²) < 4.78 is 7.12. The Kier molecular flexibility index (Phi) is 7.94. The molecule has 2 heterocycles. The third kappa shape index (κ3) is 5.43. The summed E-state index contributed by atoms with van der Waals surface area (Å²) >= 11 is 0. The van der Waals surface area contributed by atoms with Crippen molar-refractivity contribution >= 4 is 35.8 Å². The molecular formula is C20H34IN7O2. The van der Waals surface area contributed by atoms with Crippen LogP contribution in [0.25, 0.3) is 0 Å². The normalized spacial score (nSPS) is 27.4. The largest absolute Gasteiger partial charge is 0.377 e. The number of carbonyl (C=O) groups excluding carboxylic acids is 1. The van der Waals surface area contributed by atoms with Gasteiger partial charge in [-0.15, -0.1) is 24.0 Å². The van der Waals surface area contributed by atoms with Crippen LogP contribution in [0.3, 0.4) is 0 Å². The van der Waals surface area contributed by atoms with E-state index < -0.39 is 0 Å². The number of fused-ring (bicyclic) bond motifs is 3. The Labute approximate surface area is 195 Å². The fraction of sp³-hybridized carbons (Fsp3) is 0.800. The zero-order valence-corrected chi connectivity index (χ0v) is 20.5. The maximum atomic E-state index is 12.1. The molecule has 0 radical (unpaired) electrons. The molecule has 1 aromatic rings. The number of rotatable bonds is 6. The predicted molar refractivity (Wildman–Crippen MR) is 125 cm³/mol. The minimum absolute atomic E-state index is 0. The van der Waals surface area contributed by atoms with Crippen LogP contribution in [-0.4, -0.2) is 71.4 Å². The molecule has 30 heavy (non-hydrogen) atoms. The van der Waals surface area contributed by atoms with Crippen molar-refractivity contribution in [2.45, 2.75) is 63.8 Å². The van der Waals surface area contributed by atoms with Gasteiger partial charge in [-0.3, -0.25) is 4.79 Å². The Hall–Kier alpha value is -1.43. The van der Waals surface area contributed by atoms with E-state index in [1.807, 2.05) is 4.68 Å². The molecule has 2 N–H and O–H groups in total. The molecular weight excluding hydrogens is 497 g/mol. The maximum Gasteiger partial charge on any atom is 0.243 e. The lowest BCUT2D eigenvalue weighted by atomic mass is 9.95. The van der Waals surface area contributed by atoms with Crippen LogP contribution in [0.5, 0.6) is 0 Å². The van der Waals surface area contributed by atoms with Crippen LogP contribution >= 0.6 is 24.0 Å². The topological polar surface area (TPSA) is 96.7 Å². The van der Waals surface area contributed by atoms with Gasteiger partial charge >= 0.3 is 0 Å². The molecule has 9 nitrogen and oxygen atoms in total. The number of guanidine groups is 1. The number of methoxy groups -OCH3 is 1. The van der Waals surface area contributed by atoms with Crippen LogP contribution in [0.2, 0.25) is 0 Å². The van der Waals surface area contributed by atoms with Crippen molar-refractivity contribution in [1.29, 1.82) is 0 Å². The molecule has 2 fully saturated rings. The number of likely N-dealkylation sites (N-methyl/N-ethyl adjacent to an activating group) is 1. The second-order valence-corrected chi connectivity index (χ2v) is 8.82. The second kappa shape index (κ2) is 10.3. The van der Waals surface area contributed by atoms with Crippen molar-refractivity contribution in [3.8, 4) is 0 Å². The van der Waals surface area contributed by atoms with Crippen molar-refractivity contribution in [2.75, 3.05) is 27.7 Å². The molecule has 1 aromatic heterocycles. The summed E-state index contributed by atoms with van der Waals surface area (Å²) in [6.07, 6.45) is 7.04. The molecule has 4 unspecified atom stereocenters. The van der Waals surface area contributed by atoms with Crippen LogP contribution in [0.1, 0.15) is 43.8 Å². The fourth-order valence-corrected chi connectivity index (χ4v) is 4.88. The Bertz CT molecular complexity index is 766. The van der Waals surface area contributed by atoms with Gasteiger partial charge in [0.15, 0.2) is 11.8 Å². The number of halogens is 1. The predicted octanol–water partition coefficient (Wildman–Crippen LogP) is 1.17. The summed E-state index contributed by atoms with van der Waals surface area (Å²) in [4.78, 5) is 22.8. The summed E-state index contributed by atoms with van der Waals surface area (Å²) in [5.41, 5.74) is 0. The third-order valence-electron chi connectivity index (χ3n) is 6.45. The quantitative estimate of drug-likeness (QED) is 0.325. The average Bonchev–Trinajstić information content (AvgIpc) is 3.40. The number of aromatic nitrogens is 3. The van der Waals surface area contributed by atoms with E-state index in [-0.39, 0.29) is 42.5 Å². The Morgan fingerprint density at radius 1 is 1.27 bits per heavy atom. The molecule has 3 aliphatic rings. The standard InChI is InChI=1S/C20H33N7O2.HI/c1-26(2)19(28)10-21-20(23-16-9-13-4-5-14(16)8-13)22-15-6-7-18-24-17(12-29-3)25-27(18)11-15;/h13-16H,4-12H2,1-3H3,(H2,21,22,23);1H. The van der Waals surface area contributed by atoms with Gasteiger partial charge in [0.05, 0.1) is 6.54 Å². The number of nitrogens with zero attached hydrogens (tertiary/aromatic N) is 5. The summed E-state index contributed by atoms with van der Waals surface area (Å²) in [7, 11) is 5.18. The average molecular weight is 531 g/mol. The summed E-state index contributed by atoms with van der Waals surface area (Å²) in [5.74, 6) is 4.09. The number of ether oxygens (including phenoxy) is 1. The van der Waals surface area contributed by atoms with E-state index in [2.05, 4.69) is 25.7 Å². The van der Waals surface area contributed by atoms with Crippen molar-refractivity contribution in [3.63, 3.8) is 0 Å². The highest BCUT2D eigenvalue weighted by molar-refractivity contribution is 14.0. The van der Waals surface area contributed by atoms with Gasteiger partial charge in [-0.2, -0.15) is 5.10 Å². The number of hydrogen-bond acceptors (Lipinski definition) is 5. The zero-order valence-electron chi connectivity index (χ0n) is 18.1. The van der Waals surface area contributed by atoms with Gasteiger partial charge in [-0.05, 0) is 37.5 Å². The lowest BCUT2D eigenvalue weighted by Gasteiger charge is -2.29. The van der Waals surface area contributed by atoms with Gasteiger partial charge in [0.25, 0.3) is 0 Å². The number of hydrogen-bond donors (Lipinski definition) is 2. The first-order valence-electron chi connectivity index (χ1n) is 10.7. The van der Waals surface area contributed by atoms with E-state index in [0.29, 0.717) is 12.6 Å². The van der Waals surface area contributed by atoms with Crippen LogP contribution < -0.4 is 10.6 Å². The molecule has 2 aliphatic carbocycles. The van der Waals surface area contributed by atoms with Crippen molar-refractivity contribution in [1.82, 2.24) is 30.3 Å². The summed E-state index contributed by atoms with van der Waals surface area (Å²) in [5, 5.41) is 11.8. The van der Waals surface area contributed by atoms with Gasteiger partial charge in [-0.1, -0.05) is 6.42 Å². The molecule has 0 saturated heterocycles. The number of nitrogens with one attached hydrogen (secondary N) is 2.